The summed E-state index contributed by atoms with van der Waals surface area (Å²) in [5.74, 6) is 0. The first-order chi connectivity index (χ1) is 10.5. The van der Waals surface area contributed by atoms with Crippen LogP contribution in [0.1, 0.15) is 32.3 Å². The quantitative estimate of drug-likeness (QED) is 0.461. The van der Waals surface area contributed by atoms with Crippen molar-refractivity contribution in [2.24, 2.45) is 0 Å². The average Bonchev–Trinajstić information content (AvgIpc) is 2.50. The van der Waals surface area contributed by atoms with Crippen molar-refractivity contribution in [3.63, 3.8) is 0 Å². The highest BCUT2D eigenvalue weighted by molar-refractivity contribution is 7.86. The second kappa shape index (κ2) is 9.94. The molecule has 0 aromatic heterocycles. The molecule has 0 unspecified atom stereocenters. The van der Waals surface area contributed by atoms with Crippen molar-refractivity contribution in [2.75, 3.05) is 26.4 Å². The summed E-state index contributed by atoms with van der Waals surface area (Å²) < 4.78 is 39.8. The number of hydrogen-bond donors (Lipinski definition) is 0. The van der Waals surface area contributed by atoms with Gasteiger partial charge >= 0.3 is 0 Å². The third-order valence-corrected chi connectivity index (χ3v) is 4.42. The predicted molar refractivity (Wildman–Crippen MR) is 85.5 cm³/mol. The Labute approximate surface area is 133 Å². The van der Waals surface area contributed by atoms with E-state index in [-0.39, 0.29) is 24.2 Å². The largest absolute Gasteiger partial charge is 0.376 e. The molecule has 1 rings (SSSR count). The topological polar surface area (TPSA) is 61.8 Å². The number of aryl methyl sites for hydroxylation is 1. The fourth-order valence-electron chi connectivity index (χ4n) is 1.76. The number of hydrogen-bond acceptors (Lipinski definition) is 5. The van der Waals surface area contributed by atoms with Gasteiger partial charge in [0.25, 0.3) is 10.1 Å². The minimum atomic E-state index is -3.71. The first-order valence-electron chi connectivity index (χ1n) is 7.65. The molecule has 1 atom stereocenters. The van der Waals surface area contributed by atoms with E-state index in [2.05, 4.69) is 6.92 Å². The fraction of sp³-hybridized carbons (Fsp3) is 0.625. The minimum Gasteiger partial charge on any atom is -0.376 e. The molecule has 1 aromatic carbocycles. The van der Waals surface area contributed by atoms with Gasteiger partial charge in [-0.2, -0.15) is 8.42 Å². The highest BCUT2D eigenvalue weighted by Crippen LogP contribution is 2.13. The van der Waals surface area contributed by atoms with Gasteiger partial charge in [0.05, 0.1) is 30.8 Å². The molecule has 1 aromatic rings. The summed E-state index contributed by atoms with van der Waals surface area (Å²) in [4.78, 5) is 0.163. The third-order valence-electron chi connectivity index (χ3n) is 3.09. The van der Waals surface area contributed by atoms with Gasteiger partial charge in [-0.25, -0.2) is 0 Å². The Morgan fingerprint density at radius 1 is 1.05 bits per heavy atom. The van der Waals surface area contributed by atoms with E-state index in [1.54, 1.807) is 12.1 Å². The molecular formula is C16H26O5S. The summed E-state index contributed by atoms with van der Waals surface area (Å²) in [5.41, 5.74) is 1.000. The van der Waals surface area contributed by atoms with Crippen molar-refractivity contribution in [1.82, 2.24) is 0 Å². The molecule has 0 amide bonds. The van der Waals surface area contributed by atoms with E-state index in [1.165, 1.54) is 12.1 Å². The van der Waals surface area contributed by atoms with E-state index in [0.717, 1.165) is 18.4 Å². The van der Waals surface area contributed by atoms with Gasteiger partial charge in [-0.15, -0.1) is 0 Å². The number of benzene rings is 1. The zero-order valence-corrected chi connectivity index (χ0v) is 14.4. The summed E-state index contributed by atoms with van der Waals surface area (Å²) in [7, 11) is -3.71. The lowest BCUT2D eigenvalue weighted by Gasteiger charge is -2.15. The second-order valence-electron chi connectivity index (χ2n) is 5.07. The van der Waals surface area contributed by atoms with Crippen LogP contribution in [0.5, 0.6) is 0 Å². The molecule has 0 aliphatic carbocycles. The maximum Gasteiger partial charge on any atom is 0.297 e. The van der Waals surface area contributed by atoms with Crippen LogP contribution in [0.15, 0.2) is 29.2 Å². The summed E-state index contributed by atoms with van der Waals surface area (Å²) in [6.07, 6.45) is 1.88. The Bertz CT molecular complexity index is 510. The molecule has 0 saturated carbocycles. The number of rotatable bonds is 11. The van der Waals surface area contributed by atoms with Gasteiger partial charge in [0.2, 0.25) is 0 Å². The molecule has 0 aliphatic heterocycles. The first-order valence-corrected chi connectivity index (χ1v) is 9.05. The lowest BCUT2D eigenvalue weighted by atomic mass is 10.2. The SMILES string of the molecule is CCCO[C@H](CC)COCCOS(=O)(=O)c1ccc(C)cc1. The lowest BCUT2D eigenvalue weighted by molar-refractivity contribution is -0.0228. The second-order valence-corrected chi connectivity index (χ2v) is 6.68. The predicted octanol–water partition coefficient (Wildman–Crippen LogP) is 2.92. The van der Waals surface area contributed by atoms with E-state index in [9.17, 15) is 8.42 Å². The van der Waals surface area contributed by atoms with E-state index >= 15 is 0 Å². The summed E-state index contributed by atoms with van der Waals surface area (Å²) in [5, 5.41) is 0. The van der Waals surface area contributed by atoms with E-state index < -0.39 is 10.1 Å². The molecule has 0 saturated heterocycles. The zero-order chi connectivity index (χ0) is 16.4. The first kappa shape index (κ1) is 19.1. The standard InChI is InChI=1S/C16H26O5S/c1-4-10-20-15(5-2)13-19-11-12-21-22(17,18)16-8-6-14(3)7-9-16/h6-9,15H,4-5,10-13H2,1-3H3/t15-/m1/s1. The summed E-state index contributed by atoms with van der Waals surface area (Å²) in [6.45, 7) is 7.36. The molecule has 5 nitrogen and oxygen atoms in total. The van der Waals surface area contributed by atoms with Crippen LogP contribution in [0.2, 0.25) is 0 Å². The normalized spacial score (nSPS) is 13.2. The maximum absolute atomic E-state index is 11.9. The van der Waals surface area contributed by atoms with Crippen molar-refractivity contribution in [3.05, 3.63) is 29.8 Å². The van der Waals surface area contributed by atoms with Crippen LogP contribution in [0.4, 0.5) is 0 Å². The molecule has 0 aliphatic rings. The Kier molecular flexibility index (Phi) is 8.63. The Hall–Kier alpha value is -0.950. The molecule has 0 spiro atoms. The third kappa shape index (κ3) is 6.87. The molecule has 6 heteroatoms. The molecular weight excluding hydrogens is 304 g/mol. The smallest absolute Gasteiger partial charge is 0.297 e. The monoisotopic (exact) mass is 330 g/mol. The van der Waals surface area contributed by atoms with Crippen LogP contribution in [0.25, 0.3) is 0 Å². The van der Waals surface area contributed by atoms with Crippen LogP contribution in [0.3, 0.4) is 0 Å². The molecule has 0 radical (unpaired) electrons. The van der Waals surface area contributed by atoms with Gasteiger partial charge in [-0.1, -0.05) is 31.5 Å². The van der Waals surface area contributed by atoms with Crippen LogP contribution in [-0.4, -0.2) is 40.9 Å². The summed E-state index contributed by atoms with van der Waals surface area (Å²) >= 11 is 0. The zero-order valence-electron chi connectivity index (χ0n) is 13.6. The van der Waals surface area contributed by atoms with Gasteiger partial charge < -0.3 is 9.47 Å². The maximum atomic E-state index is 11.9. The Morgan fingerprint density at radius 3 is 2.32 bits per heavy atom. The van der Waals surface area contributed by atoms with Crippen molar-refractivity contribution in [1.29, 1.82) is 0 Å². The van der Waals surface area contributed by atoms with Gasteiger partial charge in [-0.3, -0.25) is 4.18 Å². The Balaban J connectivity index is 2.30. The fourth-order valence-corrected chi connectivity index (χ4v) is 2.65. The van der Waals surface area contributed by atoms with Crippen LogP contribution in [-0.2, 0) is 23.8 Å². The van der Waals surface area contributed by atoms with Crippen LogP contribution >= 0.6 is 0 Å². The van der Waals surface area contributed by atoms with Crippen LogP contribution in [0, 0.1) is 6.92 Å². The van der Waals surface area contributed by atoms with Crippen molar-refractivity contribution in [3.8, 4) is 0 Å². The van der Waals surface area contributed by atoms with Crippen molar-refractivity contribution >= 4 is 10.1 Å². The lowest BCUT2D eigenvalue weighted by Crippen LogP contribution is -2.21. The van der Waals surface area contributed by atoms with E-state index in [0.29, 0.717) is 13.2 Å². The molecule has 22 heavy (non-hydrogen) atoms. The molecule has 0 bridgehead atoms. The highest BCUT2D eigenvalue weighted by atomic mass is 32.2. The summed E-state index contributed by atoms with van der Waals surface area (Å²) in [6, 6.07) is 6.56. The Morgan fingerprint density at radius 2 is 1.73 bits per heavy atom. The van der Waals surface area contributed by atoms with Gasteiger partial charge in [0.15, 0.2) is 0 Å². The van der Waals surface area contributed by atoms with E-state index in [1.807, 2.05) is 13.8 Å². The molecule has 126 valence electrons. The average molecular weight is 330 g/mol. The minimum absolute atomic E-state index is 0.000418. The van der Waals surface area contributed by atoms with Gasteiger partial charge in [0, 0.05) is 6.61 Å². The van der Waals surface area contributed by atoms with Crippen molar-refractivity contribution in [2.45, 2.75) is 44.6 Å². The van der Waals surface area contributed by atoms with Crippen molar-refractivity contribution < 1.29 is 22.1 Å². The molecule has 0 N–H and O–H groups in total. The number of ether oxygens (including phenoxy) is 2. The van der Waals surface area contributed by atoms with Crippen LogP contribution < -0.4 is 0 Å². The molecule has 0 heterocycles. The van der Waals surface area contributed by atoms with E-state index in [4.69, 9.17) is 13.7 Å². The molecule has 0 fully saturated rings. The van der Waals surface area contributed by atoms with Gasteiger partial charge in [-0.05, 0) is 31.9 Å². The highest BCUT2D eigenvalue weighted by Gasteiger charge is 2.14. The van der Waals surface area contributed by atoms with Gasteiger partial charge in [0.1, 0.15) is 0 Å².